The molecule has 1 aromatic carbocycles. The molecule has 112 valence electrons. The van der Waals surface area contributed by atoms with Crippen LogP contribution < -0.4 is 5.32 Å². The second-order valence-corrected chi connectivity index (χ2v) is 6.35. The fourth-order valence-electron chi connectivity index (χ4n) is 2.05. The topological polar surface area (TPSA) is 37.8 Å². The summed E-state index contributed by atoms with van der Waals surface area (Å²) in [4.78, 5) is 9.35. The van der Waals surface area contributed by atoms with Gasteiger partial charge in [0.15, 0.2) is 0 Å². The minimum absolute atomic E-state index is 0.700. The molecule has 0 saturated heterocycles. The average molecular weight is 416 g/mol. The van der Waals surface area contributed by atoms with Crippen molar-refractivity contribution in [1.29, 1.82) is 0 Å². The van der Waals surface area contributed by atoms with Crippen molar-refractivity contribution < 1.29 is 0 Å². The first kappa shape index (κ1) is 16.5. The lowest BCUT2D eigenvalue weighted by atomic mass is 10.1. The fourth-order valence-corrected chi connectivity index (χ4v) is 3.07. The lowest BCUT2D eigenvalue weighted by Crippen LogP contribution is -2.10. The van der Waals surface area contributed by atoms with Crippen molar-refractivity contribution in [3.63, 3.8) is 0 Å². The van der Waals surface area contributed by atoms with Gasteiger partial charge in [-0.05, 0) is 53.1 Å². The Morgan fingerprint density at radius 2 is 2.05 bits per heavy atom. The molecule has 21 heavy (non-hydrogen) atoms. The van der Waals surface area contributed by atoms with Crippen LogP contribution in [0.1, 0.15) is 37.4 Å². The highest BCUT2D eigenvalue weighted by Gasteiger charge is 2.11. The van der Waals surface area contributed by atoms with Crippen molar-refractivity contribution in [2.24, 2.45) is 0 Å². The summed E-state index contributed by atoms with van der Waals surface area (Å²) in [5.41, 5.74) is 2.23. The zero-order valence-corrected chi connectivity index (χ0v) is 15.2. The number of hydrogen-bond donors (Lipinski definition) is 1. The SMILES string of the molecule is CCCNc1nc(Cc2cccc(Cl)c2)nc(CC)c1I. The molecular weight excluding hydrogens is 397 g/mol. The number of benzene rings is 1. The molecular formula is C16H19ClIN3. The summed E-state index contributed by atoms with van der Waals surface area (Å²) in [6.07, 6.45) is 2.68. The molecule has 0 aliphatic heterocycles. The van der Waals surface area contributed by atoms with Gasteiger partial charge in [0.1, 0.15) is 11.6 Å². The molecule has 0 aliphatic carbocycles. The van der Waals surface area contributed by atoms with Crippen LogP contribution in [0.25, 0.3) is 0 Å². The second kappa shape index (κ2) is 7.94. The first-order chi connectivity index (χ1) is 10.1. The molecule has 0 atom stereocenters. The minimum atomic E-state index is 0.700. The summed E-state index contributed by atoms with van der Waals surface area (Å²) in [5, 5.41) is 4.14. The summed E-state index contributed by atoms with van der Waals surface area (Å²) >= 11 is 8.37. The predicted octanol–water partition coefficient (Wildman–Crippen LogP) is 4.71. The minimum Gasteiger partial charge on any atom is -0.369 e. The predicted molar refractivity (Wildman–Crippen MR) is 97.2 cm³/mol. The average Bonchev–Trinajstić information content (AvgIpc) is 2.47. The van der Waals surface area contributed by atoms with Crippen LogP contribution in [0, 0.1) is 3.57 Å². The van der Waals surface area contributed by atoms with Gasteiger partial charge in [-0.25, -0.2) is 9.97 Å². The molecule has 0 bridgehead atoms. The summed E-state index contributed by atoms with van der Waals surface area (Å²) < 4.78 is 1.12. The first-order valence-corrected chi connectivity index (χ1v) is 8.63. The number of nitrogens with zero attached hydrogens (tertiary/aromatic N) is 2. The zero-order chi connectivity index (χ0) is 15.2. The molecule has 1 heterocycles. The van der Waals surface area contributed by atoms with Gasteiger partial charge >= 0.3 is 0 Å². The third kappa shape index (κ3) is 4.54. The molecule has 0 unspecified atom stereocenters. The number of anilines is 1. The Kier molecular flexibility index (Phi) is 6.23. The van der Waals surface area contributed by atoms with E-state index < -0.39 is 0 Å². The molecule has 1 aromatic heterocycles. The van der Waals surface area contributed by atoms with Crippen LogP contribution in [0.5, 0.6) is 0 Å². The van der Waals surface area contributed by atoms with E-state index in [-0.39, 0.29) is 0 Å². The second-order valence-electron chi connectivity index (χ2n) is 4.84. The van der Waals surface area contributed by atoms with Crippen LogP contribution in [-0.4, -0.2) is 16.5 Å². The largest absolute Gasteiger partial charge is 0.369 e. The van der Waals surface area contributed by atoms with Crippen LogP contribution in [0.3, 0.4) is 0 Å². The Bertz CT molecular complexity index is 616. The molecule has 1 N–H and O–H groups in total. The quantitative estimate of drug-likeness (QED) is 0.694. The number of aromatic nitrogens is 2. The molecule has 0 amide bonds. The first-order valence-electron chi connectivity index (χ1n) is 7.17. The van der Waals surface area contributed by atoms with Crippen LogP contribution in [-0.2, 0) is 12.8 Å². The highest BCUT2D eigenvalue weighted by atomic mass is 127. The van der Waals surface area contributed by atoms with Crippen molar-refractivity contribution in [2.45, 2.75) is 33.1 Å². The van der Waals surface area contributed by atoms with Crippen LogP contribution in [0.2, 0.25) is 5.02 Å². The van der Waals surface area contributed by atoms with E-state index in [0.29, 0.717) is 6.42 Å². The molecule has 2 rings (SSSR count). The maximum Gasteiger partial charge on any atom is 0.143 e. The van der Waals surface area contributed by atoms with E-state index in [1.54, 1.807) is 0 Å². The number of hydrogen-bond acceptors (Lipinski definition) is 3. The standard InChI is InChI=1S/C16H19ClIN3/c1-3-8-19-16-15(18)13(4-2)20-14(21-16)10-11-6-5-7-12(17)9-11/h5-7,9H,3-4,8,10H2,1-2H3,(H,19,20,21). The van der Waals surface area contributed by atoms with Gasteiger partial charge in [0.05, 0.1) is 9.26 Å². The van der Waals surface area contributed by atoms with Gasteiger partial charge in [0.2, 0.25) is 0 Å². The summed E-state index contributed by atoms with van der Waals surface area (Å²) in [7, 11) is 0. The van der Waals surface area contributed by atoms with Crippen molar-refractivity contribution >= 4 is 40.0 Å². The summed E-state index contributed by atoms with van der Waals surface area (Å²) in [6.45, 7) is 5.19. The van der Waals surface area contributed by atoms with Crippen molar-refractivity contribution in [3.05, 3.63) is 49.9 Å². The normalized spacial score (nSPS) is 10.7. The molecule has 0 radical (unpaired) electrons. The molecule has 5 heteroatoms. The maximum absolute atomic E-state index is 6.04. The van der Waals surface area contributed by atoms with Gasteiger partial charge in [0, 0.05) is 18.0 Å². The molecule has 0 aliphatic rings. The molecule has 0 fully saturated rings. The Morgan fingerprint density at radius 1 is 1.24 bits per heavy atom. The summed E-state index contributed by atoms with van der Waals surface area (Å²) in [6, 6.07) is 7.86. The highest BCUT2D eigenvalue weighted by molar-refractivity contribution is 14.1. The van der Waals surface area contributed by atoms with Crippen LogP contribution >= 0.6 is 34.2 Å². The maximum atomic E-state index is 6.04. The van der Waals surface area contributed by atoms with Crippen molar-refractivity contribution in [3.8, 4) is 0 Å². The van der Waals surface area contributed by atoms with E-state index in [1.165, 1.54) is 0 Å². The fraction of sp³-hybridized carbons (Fsp3) is 0.375. The van der Waals surface area contributed by atoms with Crippen LogP contribution in [0.4, 0.5) is 5.82 Å². The third-order valence-electron chi connectivity index (χ3n) is 3.09. The van der Waals surface area contributed by atoms with Crippen molar-refractivity contribution in [1.82, 2.24) is 9.97 Å². The molecule has 2 aromatic rings. The number of nitrogens with one attached hydrogen (secondary N) is 1. The van der Waals surface area contributed by atoms with Crippen LogP contribution in [0.15, 0.2) is 24.3 Å². The van der Waals surface area contributed by atoms with Gasteiger partial charge in [-0.3, -0.25) is 0 Å². The van der Waals surface area contributed by atoms with E-state index >= 15 is 0 Å². The summed E-state index contributed by atoms with van der Waals surface area (Å²) in [5.74, 6) is 1.79. The van der Waals surface area contributed by atoms with E-state index in [9.17, 15) is 0 Å². The van der Waals surface area contributed by atoms with Gasteiger partial charge in [-0.15, -0.1) is 0 Å². The molecule has 3 nitrogen and oxygen atoms in total. The van der Waals surface area contributed by atoms with Gasteiger partial charge in [-0.2, -0.15) is 0 Å². The Balaban J connectivity index is 2.30. The molecule has 0 saturated carbocycles. The lowest BCUT2D eigenvalue weighted by molar-refractivity contribution is 0.882. The highest BCUT2D eigenvalue weighted by Crippen LogP contribution is 2.21. The Hall–Kier alpha value is -0.880. The number of aryl methyl sites for hydroxylation is 1. The van der Waals surface area contributed by atoms with E-state index in [2.05, 4.69) is 57.8 Å². The van der Waals surface area contributed by atoms with Gasteiger partial charge in [-0.1, -0.05) is 37.6 Å². The van der Waals surface area contributed by atoms with Gasteiger partial charge in [0.25, 0.3) is 0 Å². The monoisotopic (exact) mass is 415 g/mol. The smallest absolute Gasteiger partial charge is 0.143 e. The Labute approximate surface area is 144 Å². The number of rotatable bonds is 6. The van der Waals surface area contributed by atoms with E-state index in [1.807, 2.05) is 18.2 Å². The number of halogens is 2. The van der Waals surface area contributed by atoms with E-state index in [0.717, 1.165) is 50.9 Å². The van der Waals surface area contributed by atoms with Gasteiger partial charge < -0.3 is 5.32 Å². The molecule has 0 spiro atoms. The van der Waals surface area contributed by atoms with Crippen molar-refractivity contribution in [2.75, 3.05) is 11.9 Å². The Morgan fingerprint density at radius 3 is 2.71 bits per heavy atom. The third-order valence-corrected chi connectivity index (χ3v) is 4.46. The zero-order valence-electron chi connectivity index (χ0n) is 12.3. The lowest BCUT2D eigenvalue weighted by Gasteiger charge is -2.12. The van der Waals surface area contributed by atoms with E-state index in [4.69, 9.17) is 11.6 Å².